The Labute approximate surface area is 722 Å². The van der Waals surface area contributed by atoms with Crippen LogP contribution in [0.15, 0.2) is 373 Å². The molecule has 21 aromatic rings. The zero-order valence-electron chi connectivity index (χ0n) is 65.1. The molecule has 16 heteroatoms. The molecule has 119 heavy (non-hydrogen) atoms. The maximum absolute atomic E-state index is 11.7. The van der Waals surface area contributed by atoms with Crippen molar-refractivity contribution >= 4 is 238 Å². The number of nitrogens with zero attached hydrogens (tertiary/aromatic N) is 2. The van der Waals surface area contributed by atoms with Crippen LogP contribution in [0.5, 0.6) is 0 Å². The van der Waals surface area contributed by atoms with Crippen LogP contribution in [0.4, 0.5) is 11.4 Å². The third kappa shape index (κ3) is 15.9. The Morgan fingerprint density at radius 3 is 1.19 bits per heavy atom. The number of fused-ring (bicyclic) bond motifs is 19. The highest BCUT2D eigenvalue weighted by Gasteiger charge is 2.52. The van der Waals surface area contributed by atoms with Gasteiger partial charge in [0.05, 0.1) is 26.6 Å². The first kappa shape index (κ1) is 78.7. The number of benzene rings is 17. The molecule has 0 unspecified atom stereocenters. The number of rotatable bonds is 7. The molecule has 578 valence electrons. The summed E-state index contributed by atoms with van der Waals surface area (Å²) >= 11 is 14.0. The molecule has 1 aliphatic carbocycles. The van der Waals surface area contributed by atoms with Crippen LogP contribution in [-0.2, 0) is 15.7 Å². The Balaban J connectivity index is 0.0000000996. The molecule has 1 fully saturated rings. The fourth-order valence-corrected chi connectivity index (χ4v) is 23.9. The summed E-state index contributed by atoms with van der Waals surface area (Å²) in [5, 5.41) is 43.5. The zero-order chi connectivity index (χ0) is 81.5. The van der Waals surface area contributed by atoms with E-state index < -0.39 is 12.8 Å². The van der Waals surface area contributed by atoms with Gasteiger partial charge in [0.1, 0.15) is 4.47 Å². The van der Waals surface area contributed by atoms with E-state index in [4.69, 9.17) is 9.31 Å². The highest BCUT2D eigenvalue weighted by molar-refractivity contribution is 9.11. The fourth-order valence-electron chi connectivity index (χ4n) is 15.9. The first-order valence-electron chi connectivity index (χ1n) is 39.1. The summed E-state index contributed by atoms with van der Waals surface area (Å²) in [5.74, 6) is 0. The van der Waals surface area contributed by atoms with Crippen molar-refractivity contribution < 1.29 is 19.2 Å². The SMILES string of the molecule is Brc1ccc2c(c1)sc1ccccc12.CC1(C)OB(c2ccc3c(c2)sc2ccccc23)OC1(C)C.O=[N+]([O-])c1ccc2ccccc2c1-c1ccc2c(c1)sc1ccccc12.O=[N+]([O-])c1ccc2ccccc2c1Br.c1ccc(P(c2ccccc2)c2ccccc2)cc1.c1ccc2c3c(ccc2c1)Cc1cc2c(cc1-3)sc1ccccc12. The standard InChI is InChI=1S/C23H14S.C22H13NO2S.C18H19BO2S.C18H15P.C12H7BrS.C10H6BrNO2/c1-2-6-17-14(5-1)9-10-15-11-16-12-20-18-7-3-4-8-21(18)24-22(20)13-19(16)23(15)17;24-23(25)19-12-10-14-5-1-2-6-16(14)22(19)15-9-11-18-17-7-3-4-8-20(17)26-21(18)13-15;1-17(2)18(3,4)21-19(20-17)12-9-10-14-13-7-5-6-8-15(13)22-16(14)11-12;1-4-10-16(11-5-1)19(17-12-6-2-7-13-17)18-14-8-3-9-15-18;13-8-5-6-10-9-3-1-2-4-11(9)14-12(10)7-8;11-10-8-4-2-1-3-7(8)5-6-9(10)12(13)14/h1-10,12-13H,11H2;1-13H;5-11H,1-4H3;1-15H;1-7H;1-6H. The fraction of sp³-hybridized carbons (Fsp3) is 0.0680. The molecule has 5 heterocycles. The summed E-state index contributed by atoms with van der Waals surface area (Å²) in [4.78, 5) is 21.6. The van der Waals surface area contributed by atoms with E-state index in [1.54, 1.807) is 23.5 Å². The van der Waals surface area contributed by atoms with Crippen LogP contribution >= 0.6 is 85.1 Å². The lowest BCUT2D eigenvalue weighted by Crippen LogP contribution is -2.41. The van der Waals surface area contributed by atoms with Crippen LogP contribution in [0, 0.1) is 20.2 Å². The van der Waals surface area contributed by atoms with Crippen molar-refractivity contribution in [3.8, 4) is 22.3 Å². The predicted molar refractivity (Wildman–Crippen MR) is 520 cm³/mol. The molecule has 0 bridgehead atoms. The second-order valence-electron chi connectivity index (χ2n) is 30.2. The normalized spacial score (nSPS) is 13.0. The van der Waals surface area contributed by atoms with Crippen LogP contribution in [-0.4, -0.2) is 28.2 Å². The molecule has 17 aromatic carbocycles. The minimum atomic E-state index is -0.446. The van der Waals surface area contributed by atoms with Crippen LogP contribution in [0.1, 0.15) is 38.8 Å². The van der Waals surface area contributed by atoms with Gasteiger partial charge in [0.15, 0.2) is 0 Å². The molecule has 0 N–H and O–H groups in total. The zero-order valence-corrected chi connectivity index (χ0v) is 72.4. The predicted octanol–water partition coefficient (Wildman–Crippen LogP) is 29.7. The molecule has 23 rings (SSSR count). The summed E-state index contributed by atoms with van der Waals surface area (Å²) in [6.45, 7) is 8.35. The minimum Gasteiger partial charge on any atom is -0.399 e. The van der Waals surface area contributed by atoms with Gasteiger partial charge < -0.3 is 9.31 Å². The lowest BCUT2D eigenvalue weighted by atomic mass is 9.79. The molecular weight excluding hydrogens is 1690 g/mol. The third-order valence-electron chi connectivity index (χ3n) is 22.4. The van der Waals surface area contributed by atoms with Gasteiger partial charge in [-0.2, -0.15) is 0 Å². The molecule has 8 nitrogen and oxygen atoms in total. The maximum Gasteiger partial charge on any atom is 0.494 e. The van der Waals surface area contributed by atoms with Crippen LogP contribution in [0.3, 0.4) is 0 Å². The minimum absolute atomic E-state index is 0.101. The molecule has 0 saturated carbocycles. The van der Waals surface area contributed by atoms with Gasteiger partial charge in [-0.3, -0.25) is 20.2 Å². The molecule has 1 saturated heterocycles. The Morgan fingerprint density at radius 1 is 0.328 bits per heavy atom. The Hall–Kier alpha value is -11.4. The summed E-state index contributed by atoms with van der Waals surface area (Å²) < 4.78 is 24.5. The Morgan fingerprint density at radius 2 is 0.697 bits per heavy atom. The molecule has 1 aliphatic heterocycles. The molecule has 0 amide bonds. The van der Waals surface area contributed by atoms with Gasteiger partial charge in [-0.25, -0.2) is 0 Å². The van der Waals surface area contributed by atoms with Gasteiger partial charge >= 0.3 is 7.12 Å². The molecule has 2 aliphatic rings. The average molecular weight is 1770 g/mol. The second kappa shape index (κ2) is 33.8. The van der Waals surface area contributed by atoms with Crippen molar-refractivity contribution in [3.05, 3.63) is 404 Å². The molecule has 0 radical (unpaired) electrons. The number of nitro groups is 2. The number of nitro benzene ring substituents is 2. The van der Waals surface area contributed by atoms with Crippen molar-refractivity contribution in [2.45, 2.75) is 45.3 Å². The van der Waals surface area contributed by atoms with Crippen LogP contribution < -0.4 is 21.4 Å². The van der Waals surface area contributed by atoms with Gasteiger partial charge in [0.25, 0.3) is 11.4 Å². The lowest BCUT2D eigenvalue weighted by molar-refractivity contribution is -0.385. The number of hydrogen-bond donors (Lipinski definition) is 0. The van der Waals surface area contributed by atoms with E-state index >= 15 is 0 Å². The topological polar surface area (TPSA) is 105 Å². The Kier molecular flexibility index (Phi) is 22.3. The van der Waals surface area contributed by atoms with Crippen molar-refractivity contribution in [2.75, 3.05) is 0 Å². The largest absolute Gasteiger partial charge is 0.494 e. The van der Waals surface area contributed by atoms with E-state index in [1.807, 2.05) is 107 Å². The van der Waals surface area contributed by atoms with Gasteiger partial charge in [-0.05, 0) is 207 Å². The van der Waals surface area contributed by atoms with Crippen molar-refractivity contribution in [1.82, 2.24) is 0 Å². The van der Waals surface area contributed by atoms with Gasteiger partial charge in [0, 0.05) is 103 Å². The molecule has 0 spiro atoms. The first-order valence-corrected chi connectivity index (χ1v) is 45.3. The van der Waals surface area contributed by atoms with Gasteiger partial charge in [-0.1, -0.05) is 295 Å². The third-order valence-corrected chi connectivity index (χ3v) is 30.7. The van der Waals surface area contributed by atoms with E-state index in [9.17, 15) is 20.2 Å². The summed E-state index contributed by atoms with van der Waals surface area (Å²) in [6.07, 6.45) is 1.05. The first-order chi connectivity index (χ1) is 58.0. The van der Waals surface area contributed by atoms with Crippen LogP contribution in [0.2, 0.25) is 0 Å². The quantitative estimate of drug-likeness (QED) is 0.0681. The van der Waals surface area contributed by atoms with Crippen molar-refractivity contribution in [1.29, 1.82) is 0 Å². The monoisotopic (exact) mass is 1760 g/mol. The van der Waals surface area contributed by atoms with Gasteiger partial charge in [0.2, 0.25) is 0 Å². The summed E-state index contributed by atoms with van der Waals surface area (Å²) in [6, 6.07) is 126. The highest BCUT2D eigenvalue weighted by atomic mass is 79.9. The molecule has 0 atom stereocenters. The number of thiophene rings is 4. The molecular formula is C103H74BBr2N2O6PS4. The van der Waals surface area contributed by atoms with E-state index in [1.165, 1.54) is 131 Å². The van der Waals surface area contributed by atoms with E-state index in [-0.39, 0.29) is 34.6 Å². The molecule has 4 aromatic heterocycles. The maximum atomic E-state index is 11.7. The van der Waals surface area contributed by atoms with E-state index in [0.717, 1.165) is 48.2 Å². The van der Waals surface area contributed by atoms with Crippen molar-refractivity contribution in [3.63, 3.8) is 0 Å². The van der Waals surface area contributed by atoms with Crippen LogP contribution in [0.25, 0.3) is 135 Å². The van der Waals surface area contributed by atoms with E-state index in [2.05, 4.69) is 333 Å². The number of halogens is 2. The average Bonchev–Trinajstić information content (AvgIpc) is 1.53. The second-order valence-corrected chi connectivity index (χ2v) is 38.5. The van der Waals surface area contributed by atoms with E-state index in [0.29, 0.717) is 10.0 Å². The Bertz CT molecular complexity index is 7330. The number of hydrogen-bond acceptors (Lipinski definition) is 10. The summed E-state index contributed by atoms with van der Waals surface area (Å²) in [5.41, 5.74) is 8.12. The lowest BCUT2D eigenvalue weighted by Gasteiger charge is -2.32. The van der Waals surface area contributed by atoms with Gasteiger partial charge in [-0.15, -0.1) is 45.3 Å². The smallest absolute Gasteiger partial charge is 0.399 e. The summed E-state index contributed by atoms with van der Waals surface area (Å²) in [7, 11) is -0.738. The van der Waals surface area contributed by atoms with Crippen molar-refractivity contribution in [2.24, 2.45) is 0 Å². The highest BCUT2D eigenvalue weighted by Crippen LogP contribution is 2.48.